The molecule has 1 fully saturated rings. The average molecular weight is 623 g/mol. The third-order valence-corrected chi connectivity index (χ3v) is 7.25. The number of carbonyl (C=O) groups is 1. The molecule has 0 unspecified atom stereocenters. The molecule has 0 atom stereocenters. The zero-order valence-corrected chi connectivity index (χ0v) is 23.1. The van der Waals surface area contributed by atoms with Gasteiger partial charge >= 0.3 is 0 Å². The molecule has 0 bridgehead atoms. The van der Waals surface area contributed by atoms with Gasteiger partial charge in [0.15, 0.2) is 16.7 Å². The van der Waals surface area contributed by atoms with Crippen molar-refractivity contribution in [1.29, 1.82) is 0 Å². The van der Waals surface area contributed by atoms with Crippen LogP contribution >= 0.6 is 50.9 Å². The van der Waals surface area contributed by atoms with Gasteiger partial charge in [0.2, 0.25) is 0 Å². The minimum absolute atomic E-state index is 0.0138. The normalized spacial score (nSPS) is 15.2. The van der Waals surface area contributed by atoms with E-state index in [0.717, 1.165) is 0 Å². The third-order valence-electron chi connectivity index (χ3n) is 4.94. The van der Waals surface area contributed by atoms with Gasteiger partial charge in [-0.3, -0.25) is 14.9 Å². The van der Waals surface area contributed by atoms with Crippen molar-refractivity contribution in [1.82, 2.24) is 5.32 Å². The first-order valence-corrected chi connectivity index (χ1v) is 13.2. The highest BCUT2D eigenvalue weighted by Gasteiger charge is 2.25. The summed E-state index contributed by atoms with van der Waals surface area (Å²) in [5.74, 6) is 0.594. The first-order valence-electron chi connectivity index (χ1n) is 10.8. The lowest BCUT2D eigenvalue weighted by atomic mass is 10.1. The van der Waals surface area contributed by atoms with Crippen LogP contribution in [0.25, 0.3) is 6.08 Å². The summed E-state index contributed by atoms with van der Waals surface area (Å²) in [7, 11) is 0. The number of carbonyl (C=O) groups excluding carboxylic acids is 1. The second-order valence-corrected chi connectivity index (χ2v) is 10.2. The first-order chi connectivity index (χ1) is 17.7. The average Bonchev–Trinajstić information content (AvgIpc) is 3.20. The monoisotopic (exact) mass is 621 g/mol. The number of ether oxygens (including phenoxy) is 2. The van der Waals surface area contributed by atoms with Crippen molar-refractivity contribution in [2.45, 2.75) is 13.5 Å². The summed E-state index contributed by atoms with van der Waals surface area (Å²) in [6.07, 6.45) is 1.71. The number of halogens is 3. The molecule has 0 saturated carbocycles. The quantitative estimate of drug-likeness (QED) is 0.158. The van der Waals surface area contributed by atoms with Crippen molar-refractivity contribution < 1.29 is 19.2 Å². The number of aliphatic imine (C=N–C) groups is 1. The van der Waals surface area contributed by atoms with Gasteiger partial charge in [-0.1, -0.05) is 41.4 Å². The Balaban J connectivity index is 1.57. The molecule has 8 nitrogen and oxygen atoms in total. The predicted octanol–water partition coefficient (Wildman–Crippen LogP) is 7.53. The second kappa shape index (κ2) is 12.0. The van der Waals surface area contributed by atoms with E-state index < -0.39 is 4.92 Å². The zero-order chi connectivity index (χ0) is 26.5. The summed E-state index contributed by atoms with van der Waals surface area (Å²) in [5.41, 5.74) is 1.77. The zero-order valence-electron chi connectivity index (χ0n) is 19.2. The van der Waals surface area contributed by atoms with Crippen LogP contribution in [-0.4, -0.2) is 22.6 Å². The van der Waals surface area contributed by atoms with Gasteiger partial charge in [0.1, 0.15) is 6.61 Å². The predicted molar refractivity (Wildman–Crippen MR) is 150 cm³/mol. The highest BCUT2D eigenvalue weighted by molar-refractivity contribution is 9.10. The summed E-state index contributed by atoms with van der Waals surface area (Å²) in [6, 6.07) is 14.8. The number of thioether (sulfide) groups is 1. The highest BCUT2D eigenvalue weighted by atomic mass is 79.9. The Bertz CT molecular complexity index is 1450. The van der Waals surface area contributed by atoms with Crippen LogP contribution in [0.1, 0.15) is 18.1 Å². The third kappa shape index (κ3) is 6.64. The molecular weight excluding hydrogens is 605 g/mol. The minimum Gasteiger partial charge on any atom is -0.490 e. The summed E-state index contributed by atoms with van der Waals surface area (Å²) in [4.78, 5) is 28.0. The van der Waals surface area contributed by atoms with E-state index in [1.165, 1.54) is 23.9 Å². The van der Waals surface area contributed by atoms with E-state index in [1.807, 2.05) is 6.92 Å². The van der Waals surface area contributed by atoms with Crippen LogP contribution in [0.5, 0.6) is 11.5 Å². The van der Waals surface area contributed by atoms with E-state index in [2.05, 4.69) is 26.2 Å². The number of nitrogens with one attached hydrogen (secondary N) is 1. The van der Waals surface area contributed by atoms with Gasteiger partial charge in [-0.2, -0.15) is 0 Å². The van der Waals surface area contributed by atoms with Crippen molar-refractivity contribution in [3.63, 3.8) is 0 Å². The largest absolute Gasteiger partial charge is 0.490 e. The van der Waals surface area contributed by atoms with Crippen molar-refractivity contribution in [3.8, 4) is 11.5 Å². The first kappa shape index (κ1) is 27.0. The Hall–Kier alpha value is -3.05. The molecule has 1 amide bonds. The summed E-state index contributed by atoms with van der Waals surface area (Å²) < 4.78 is 12.3. The van der Waals surface area contributed by atoms with Crippen LogP contribution in [0, 0.1) is 10.1 Å². The number of benzene rings is 3. The van der Waals surface area contributed by atoms with E-state index in [-0.39, 0.29) is 18.2 Å². The molecule has 0 spiro atoms. The Labute approximate surface area is 234 Å². The topological polar surface area (TPSA) is 103 Å². The Morgan fingerprint density at radius 3 is 2.70 bits per heavy atom. The number of amides is 1. The highest BCUT2D eigenvalue weighted by Crippen LogP contribution is 2.39. The number of non-ortho nitro benzene ring substituents is 1. The number of hydrogen-bond donors (Lipinski definition) is 1. The molecule has 1 aliphatic heterocycles. The van der Waals surface area contributed by atoms with Crippen LogP contribution in [0.3, 0.4) is 0 Å². The Morgan fingerprint density at radius 2 is 1.95 bits per heavy atom. The molecule has 3 aromatic rings. The molecule has 1 heterocycles. The van der Waals surface area contributed by atoms with E-state index in [9.17, 15) is 14.9 Å². The van der Waals surface area contributed by atoms with E-state index >= 15 is 0 Å². The lowest BCUT2D eigenvalue weighted by molar-refractivity contribution is -0.384. The Kier molecular flexibility index (Phi) is 8.75. The molecule has 3 aromatic carbocycles. The van der Waals surface area contributed by atoms with Crippen molar-refractivity contribution in [2.75, 3.05) is 6.61 Å². The molecule has 12 heteroatoms. The van der Waals surface area contributed by atoms with Gasteiger partial charge in [-0.05, 0) is 76.1 Å². The van der Waals surface area contributed by atoms with Crippen LogP contribution in [0.2, 0.25) is 10.0 Å². The lowest BCUT2D eigenvalue weighted by Crippen LogP contribution is -2.19. The fourth-order valence-corrected chi connectivity index (χ4v) is 5.06. The van der Waals surface area contributed by atoms with Crippen LogP contribution in [0.15, 0.2) is 69.0 Å². The van der Waals surface area contributed by atoms with Gasteiger partial charge in [-0.25, -0.2) is 4.99 Å². The van der Waals surface area contributed by atoms with Crippen molar-refractivity contribution in [2.24, 2.45) is 4.99 Å². The molecule has 37 heavy (non-hydrogen) atoms. The van der Waals surface area contributed by atoms with Gasteiger partial charge in [0, 0.05) is 12.1 Å². The smallest absolute Gasteiger partial charge is 0.269 e. The number of nitrogens with zero attached hydrogens (tertiary/aromatic N) is 2. The molecule has 0 aliphatic carbocycles. The van der Waals surface area contributed by atoms with Crippen LogP contribution in [-0.2, 0) is 11.4 Å². The fraction of sp³-hybridized carbons (Fsp3) is 0.120. The van der Waals surface area contributed by atoms with E-state index in [4.69, 9.17) is 32.7 Å². The Morgan fingerprint density at radius 1 is 1.16 bits per heavy atom. The minimum atomic E-state index is -0.454. The lowest BCUT2D eigenvalue weighted by Gasteiger charge is -2.15. The van der Waals surface area contributed by atoms with Crippen molar-refractivity contribution in [3.05, 3.63) is 95.3 Å². The molecule has 1 saturated heterocycles. The SMILES string of the molecule is CCOc1cc(/C=C2/SC(=Nc3cccc(Cl)c3Cl)NC2=O)cc(Br)c1OCc1cccc([N+](=O)[O-])c1. The summed E-state index contributed by atoms with van der Waals surface area (Å²) in [5, 5.41) is 14.8. The molecule has 1 aliphatic rings. The van der Waals surface area contributed by atoms with E-state index in [0.29, 0.717) is 59.5 Å². The molecule has 4 rings (SSSR count). The maximum atomic E-state index is 12.6. The number of amidine groups is 1. The summed E-state index contributed by atoms with van der Waals surface area (Å²) >= 11 is 16.9. The van der Waals surface area contributed by atoms with Crippen LogP contribution in [0.4, 0.5) is 11.4 Å². The molecular formula is C25H18BrCl2N3O5S. The molecule has 190 valence electrons. The molecule has 0 radical (unpaired) electrons. The van der Waals surface area contributed by atoms with Crippen LogP contribution < -0.4 is 14.8 Å². The van der Waals surface area contributed by atoms with E-state index in [1.54, 1.807) is 48.5 Å². The van der Waals surface area contributed by atoms with Gasteiger partial charge in [0.25, 0.3) is 11.6 Å². The van der Waals surface area contributed by atoms with Gasteiger partial charge < -0.3 is 14.8 Å². The second-order valence-electron chi connectivity index (χ2n) is 7.53. The fourth-order valence-electron chi connectivity index (χ4n) is 3.31. The number of hydrogen-bond acceptors (Lipinski definition) is 7. The number of rotatable bonds is 8. The van der Waals surface area contributed by atoms with Crippen molar-refractivity contribution >= 4 is 79.4 Å². The summed E-state index contributed by atoms with van der Waals surface area (Å²) in [6.45, 7) is 2.32. The number of nitro groups is 1. The van der Waals surface area contributed by atoms with Gasteiger partial charge in [-0.15, -0.1) is 0 Å². The molecule has 1 N–H and O–H groups in total. The maximum Gasteiger partial charge on any atom is 0.269 e. The number of nitro benzene ring substituents is 1. The molecule has 0 aromatic heterocycles. The standard InChI is InChI=1S/C25H18BrCl2N3O5S/c1-2-35-20-11-15(10-17(26)23(20)36-13-14-5-3-6-16(9-14)31(33)34)12-21-24(32)30-25(37-21)29-19-8-4-7-18(27)22(19)28/h3-12H,2,13H2,1H3,(H,29,30,32)/b21-12+. The maximum absolute atomic E-state index is 12.6. The van der Waals surface area contributed by atoms with Gasteiger partial charge in [0.05, 0.1) is 36.6 Å².